The molecule has 1 N–H and O–H groups in total. The smallest absolute Gasteiger partial charge is 0.299 e. The third-order valence-electron chi connectivity index (χ3n) is 5.47. The molecule has 1 atom stereocenters. The van der Waals surface area contributed by atoms with Gasteiger partial charge in [0.1, 0.15) is 11.6 Å². The summed E-state index contributed by atoms with van der Waals surface area (Å²) in [5.41, 5.74) is 6.99. The van der Waals surface area contributed by atoms with E-state index < -0.39 is 0 Å². The summed E-state index contributed by atoms with van der Waals surface area (Å²) in [6.45, 7) is 2.87. The third kappa shape index (κ3) is 2.19. The first kappa shape index (κ1) is 15.4. The number of nitrogens with one attached hydrogen (secondary N) is 1. The Bertz CT molecular complexity index is 1280. The predicted octanol–water partition coefficient (Wildman–Crippen LogP) is 3.66. The molecular weight excluding hydrogens is 352 g/mol. The lowest BCUT2D eigenvalue weighted by molar-refractivity contribution is 0.517. The molecule has 1 unspecified atom stereocenters. The van der Waals surface area contributed by atoms with Crippen molar-refractivity contribution in [3.63, 3.8) is 0 Å². The van der Waals surface area contributed by atoms with E-state index in [1.165, 1.54) is 5.56 Å². The molecule has 0 fully saturated rings. The van der Waals surface area contributed by atoms with E-state index in [0.717, 1.165) is 46.7 Å². The quantitative estimate of drug-likeness (QED) is 0.513. The fraction of sp³-hybridized carbons (Fsp3) is 0.190. The molecule has 0 aliphatic carbocycles. The maximum atomic E-state index is 6.09. The minimum Gasteiger partial charge on any atom is -0.423 e. The zero-order chi connectivity index (χ0) is 18.7. The lowest BCUT2D eigenvalue weighted by atomic mass is 10.00. The summed E-state index contributed by atoms with van der Waals surface area (Å²) in [5, 5.41) is 4.86. The van der Waals surface area contributed by atoms with Crippen LogP contribution in [0, 0.1) is 6.92 Å². The first-order valence-corrected chi connectivity index (χ1v) is 9.37. The number of oxazole rings is 1. The zero-order valence-corrected chi connectivity index (χ0v) is 15.3. The molecule has 5 heterocycles. The monoisotopic (exact) mass is 370 g/mol. The number of anilines is 1. The number of benzene rings is 1. The van der Waals surface area contributed by atoms with Crippen molar-refractivity contribution in [1.82, 2.24) is 24.6 Å². The van der Waals surface area contributed by atoms with Crippen LogP contribution in [0.25, 0.3) is 16.6 Å². The third-order valence-corrected chi connectivity index (χ3v) is 5.47. The van der Waals surface area contributed by atoms with Gasteiger partial charge in [0.05, 0.1) is 23.2 Å². The lowest BCUT2D eigenvalue weighted by Crippen LogP contribution is -2.36. The first-order chi connectivity index (χ1) is 13.8. The number of pyridine rings is 1. The van der Waals surface area contributed by atoms with Gasteiger partial charge >= 0.3 is 0 Å². The van der Waals surface area contributed by atoms with E-state index >= 15 is 0 Å². The van der Waals surface area contributed by atoms with Crippen LogP contribution in [0.2, 0.25) is 0 Å². The fourth-order valence-electron chi connectivity index (χ4n) is 4.07. The van der Waals surface area contributed by atoms with Crippen LogP contribution in [0.3, 0.4) is 0 Å². The summed E-state index contributed by atoms with van der Waals surface area (Å²) in [7, 11) is 0. The van der Waals surface area contributed by atoms with Crippen molar-refractivity contribution in [1.29, 1.82) is 0 Å². The molecule has 0 bridgehead atoms. The Labute approximate surface area is 160 Å². The highest BCUT2D eigenvalue weighted by molar-refractivity contribution is 5.74. The van der Waals surface area contributed by atoms with Crippen molar-refractivity contribution < 1.29 is 4.42 Å². The zero-order valence-electron chi connectivity index (χ0n) is 15.3. The van der Waals surface area contributed by atoms with Crippen molar-refractivity contribution in [3.05, 3.63) is 77.6 Å². The normalized spacial score (nSPS) is 16.8. The molecule has 28 heavy (non-hydrogen) atoms. The molecule has 1 aliphatic heterocycles. The number of aryl methyl sites for hydroxylation is 1. The molecule has 0 saturated heterocycles. The van der Waals surface area contributed by atoms with E-state index in [2.05, 4.69) is 33.9 Å². The number of imidazole rings is 1. The number of rotatable bonds is 2. The minimum absolute atomic E-state index is 0.151. The highest BCUT2D eigenvalue weighted by atomic mass is 16.4. The second-order valence-corrected chi connectivity index (χ2v) is 7.17. The Morgan fingerprint density at radius 2 is 2.11 bits per heavy atom. The summed E-state index contributed by atoms with van der Waals surface area (Å²) < 4.78 is 8.02. The van der Waals surface area contributed by atoms with Gasteiger partial charge in [-0.2, -0.15) is 10.1 Å². The molecule has 0 amide bonds. The molecule has 4 aromatic heterocycles. The van der Waals surface area contributed by atoms with E-state index in [4.69, 9.17) is 14.5 Å². The highest BCUT2D eigenvalue weighted by Gasteiger charge is 2.35. The van der Waals surface area contributed by atoms with Crippen molar-refractivity contribution in [2.75, 3.05) is 11.4 Å². The summed E-state index contributed by atoms with van der Waals surface area (Å²) >= 11 is 0. The van der Waals surface area contributed by atoms with Gasteiger partial charge in [-0.1, -0.05) is 18.2 Å². The Balaban J connectivity index is 1.54. The van der Waals surface area contributed by atoms with E-state index in [0.29, 0.717) is 6.01 Å². The Hall–Kier alpha value is -3.61. The lowest BCUT2D eigenvalue weighted by Gasteiger charge is -2.32. The summed E-state index contributed by atoms with van der Waals surface area (Å²) in [4.78, 5) is 14.8. The number of aromatic nitrogens is 5. The van der Waals surface area contributed by atoms with Crippen LogP contribution < -0.4 is 4.90 Å². The van der Waals surface area contributed by atoms with Crippen molar-refractivity contribution in [3.8, 4) is 0 Å². The molecule has 1 aromatic carbocycles. The van der Waals surface area contributed by atoms with E-state index in [1.54, 1.807) is 6.33 Å². The average molecular weight is 370 g/mol. The number of hydrogen-bond acceptors (Lipinski definition) is 5. The van der Waals surface area contributed by atoms with Crippen LogP contribution in [0.1, 0.15) is 28.7 Å². The first-order valence-electron chi connectivity index (χ1n) is 9.37. The van der Waals surface area contributed by atoms with Crippen molar-refractivity contribution in [2.24, 2.45) is 0 Å². The van der Waals surface area contributed by atoms with Crippen molar-refractivity contribution >= 4 is 22.6 Å². The van der Waals surface area contributed by atoms with Gasteiger partial charge in [-0.15, -0.1) is 0 Å². The van der Waals surface area contributed by atoms with Crippen LogP contribution in [0.5, 0.6) is 0 Å². The van der Waals surface area contributed by atoms with Gasteiger partial charge in [0, 0.05) is 24.9 Å². The van der Waals surface area contributed by atoms with Gasteiger partial charge in [0.25, 0.3) is 6.01 Å². The number of hydrogen-bond donors (Lipinski definition) is 1. The molecule has 6 rings (SSSR count). The van der Waals surface area contributed by atoms with Gasteiger partial charge in [-0.3, -0.25) is 0 Å². The fourth-order valence-corrected chi connectivity index (χ4v) is 4.07. The highest BCUT2D eigenvalue weighted by Crippen LogP contribution is 2.37. The largest absolute Gasteiger partial charge is 0.423 e. The van der Waals surface area contributed by atoms with Gasteiger partial charge in [-0.05, 0) is 36.8 Å². The number of H-pyrrole nitrogens is 1. The SMILES string of the molecule is Cc1cccn2nc(C3c4nc[nH]c4CCN3c3nc4ccccc4o3)cc12. The topological polar surface area (TPSA) is 75.2 Å². The Morgan fingerprint density at radius 3 is 3.00 bits per heavy atom. The number of para-hydroxylation sites is 2. The minimum atomic E-state index is -0.151. The molecular formula is C21H18N6O. The van der Waals surface area contributed by atoms with E-state index in [9.17, 15) is 0 Å². The molecule has 0 spiro atoms. The summed E-state index contributed by atoms with van der Waals surface area (Å²) in [5.74, 6) is 0. The van der Waals surface area contributed by atoms with E-state index in [-0.39, 0.29) is 6.04 Å². The van der Waals surface area contributed by atoms with Gasteiger partial charge < -0.3 is 14.3 Å². The number of aromatic amines is 1. The second-order valence-electron chi connectivity index (χ2n) is 7.17. The molecule has 7 heteroatoms. The summed E-state index contributed by atoms with van der Waals surface area (Å²) in [6.07, 6.45) is 4.59. The molecule has 138 valence electrons. The Morgan fingerprint density at radius 1 is 1.18 bits per heavy atom. The molecule has 0 radical (unpaired) electrons. The van der Waals surface area contributed by atoms with E-state index in [1.807, 2.05) is 41.0 Å². The standard InChI is InChI=1S/C21H18N6O/c1-13-5-4-9-27-17(13)11-16(25-27)20-19-15(22-12-23-19)8-10-26(20)21-24-14-6-2-3-7-18(14)28-21/h2-7,9,11-12,20H,8,10H2,1H3,(H,22,23). The van der Waals surface area contributed by atoms with Gasteiger partial charge in [0.2, 0.25) is 0 Å². The Kier molecular flexibility index (Phi) is 3.14. The molecule has 7 nitrogen and oxygen atoms in total. The second kappa shape index (κ2) is 5.69. The van der Waals surface area contributed by atoms with Crippen LogP contribution in [-0.4, -0.2) is 31.1 Å². The molecule has 0 saturated carbocycles. The maximum Gasteiger partial charge on any atom is 0.299 e. The van der Waals surface area contributed by atoms with Crippen LogP contribution in [0.15, 0.2) is 59.4 Å². The van der Waals surface area contributed by atoms with Crippen molar-refractivity contribution in [2.45, 2.75) is 19.4 Å². The predicted molar refractivity (Wildman–Crippen MR) is 105 cm³/mol. The number of fused-ring (bicyclic) bond motifs is 3. The van der Waals surface area contributed by atoms with Crippen LogP contribution in [0.4, 0.5) is 6.01 Å². The average Bonchev–Trinajstić information content (AvgIpc) is 3.44. The molecule has 1 aliphatic rings. The van der Waals surface area contributed by atoms with Gasteiger partial charge in [0.15, 0.2) is 5.58 Å². The van der Waals surface area contributed by atoms with Gasteiger partial charge in [-0.25, -0.2) is 9.50 Å². The maximum absolute atomic E-state index is 6.09. The van der Waals surface area contributed by atoms with Crippen LogP contribution >= 0.6 is 0 Å². The molecule has 5 aromatic rings. The number of nitrogens with zero attached hydrogens (tertiary/aromatic N) is 5. The van der Waals surface area contributed by atoms with Crippen LogP contribution in [-0.2, 0) is 6.42 Å². The summed E-state index contributed by atoms with van der Waals surface area (Å²) in [6, 6.07) is 14.5.